The van der Waals surface area contributed by atoms with E-state index < -0.39 is 11.9 Å². The predicted molar refractivity (Wildman–Crippen MR) is 110 cm³/mol. The molecule has 2 bridgehead atoms. The predicted octanol–water partition coefficient (Wildman–Crippen LogP) is 2.95. The Kier molecular flexibility index (Phi) is 4.64. The highest BCUT2D eigenvalue weighted by atomic mass is 19.1. The molecule has 3 amide bonds. The molecular weight excluding hydrogens is 385 g/mol. The van der Waals surface area contributed by atoms with E-state index in [1.165, 1.54) is 6.07 Å². The van der Waals surface area contributed by atoms with E-state index in [1.54, 1.807) is 19.1 Å². The summed E-state index contributed by atoms with van der Waals surface area (Å²) in [5.74, 6) is -1.82. The summed E-state index contributed by atoms with van der Waals surface area (Å²) in [5.41, 5.74) is 0.868. The van der Waals surface area contributed by atoms with Crippen LogP contribution in [-0.2, 0) is 14.4 Å². The summed E-state index contributed by atoms with van der Waals surface area (Å²) in [6, 6.07) is 3.73. The van der Waals surface area contributed by atoms with E-state index in [-0.39, 0.29) is 41.3 Å². The first-order valence-electron chi connectivity index (χ1n) is 10.9. The van der Waals surface area contributed by atoms with Crippen molar-refractivity contribution in [2.45, 2.75) is 38.6 Å². The topological polar surface area (TPSA) is 69.7 Å². The number of nitrogens with one attached hydrogen (secondary N) is 1. The maximum Gasteiger partial charge on any atom is 0.247 e. The number of halogens is 1. The van der Waals surface area contributed by atoms with Crippen LogP contribution in [0.3, 0.4) is 0 Å². The van der Waals surface area contributed by atoms with E-state index >= 15 is 0 Å². The summed E-state index contributed by atoms with van der Waals surface area (Å²) in [6.07, 6.45) is 8.16. The van der Waals surface area contributed by atoms with Gasteiger partial charge in [-0.05, 0) is 62.6 Å². The quantitative estimate of drug-likeness (QED) is 0.611. The number of hydrogen-bond acceptors (Lipinski definition) is 4. The van der Waals surface area contributed by atoms with E-state index in [4.69, 9.17) is 0 Å². The fourth-order valence-electron chi connectivity index (χ4n) is 5.65. The van der Waals surface area contributed by atoms with Crippen molar-refractivity contribution < 1.29 is 18.8 Å². The molecule has 30 heavy (non-hydrogen) atoms. The first-order chi connectivity index (χ1) is 14.5. The monoisotopic (exact) mass is 411 g/mol. The van der Waals surface area contributed by atoms with Crippen molar-refractivity contribution in [2.24, 2.45) is 23.7 Å². The fourth-order valence-corrected chi connectivity index (χ4v) is 5.65. The third kappa shape index (κ3) is 2.94. The number of nitrogens with zero attached hydrogens (tertiary/aromatic N) is 2. The van der Waals surface area contributed by atoms with E-state index in [0.29, 0.717) is 11.4 Å². The van der Waals surface area contributed by atoms with Gasteiger partial charge in [-0.1, -0.05) is 12.2 Å². The first kappa shape index (κ1) is 19.3. The van der Waals surface area contributed by atoms with Crippen LogP contribution in [0.25, 0.3) is 0 Å². The molecule has 7 heteroatoms. The molecule has 2 aliphatic heterocycles. The molecule has 1 aromatic carbocycles. The van der Waals surface area contributed by atoms with Crippen molar-refractivity contribution in [1.82, 2.24) is 4.90 Å². The van der Waals surface area contributed by atoms with Crippen molar-refractivity contribution in [3.63, 3.8) is 0 Å². The third-order valence-corrected chi connectivity index (χ3v) is 7.18. The standard InChI is InChI=1S/C23H26FN3O3/c1-13(27-22(29)19-14-5-6-15(11-14)20(19)23(27)30)21(28)25-16-7-8-18(17(24)12-16)26-9-3-2-4-10-26/h5-8,12-15,19-20H,2-4,9-11H2,1H3,(H,25,28). The maximum atomic E-state index is 14.6. The zero-order valence-corrected chi connectivity index (χ0v) is 17.0. The van der Waals surface area contributed by atoms with Gasteiger partial charge in [-0.3, -0.25) is 19.3 Å². The summed E-state index contributed by atoms with van der Waals surface area (Å²) in [7, 11) is 0. The summed E-state index contributed by atoms with van der Waals surface area (Å²) in [5, 5.41) is 2.68. The summed E-state index contributed by atoms with van der Waals surface area (Å²) in [4.78, 5) is 41.7. The van der Waals surface area contributed by atoms with Crippen LogP contribution in [0.5, 0.6) is 0 Å². The summed E-state index contributed by atoms with van der Waals surface area (Å²) in [6.45, 7) is 3.22. The minimum Gasteiger partial charge on any atom is -0.369 e. The van der Waals surface area contributed by atoms with Crippen LogP contribution in [0.2, 0.25) is 0 Å². The lowest BCUT2D eigenvalue weighted by molar-refractivity contribution is -0.146. The lowest BCUT2D eigenvalue weighted by atomic mass is 9.85. The van der Waals surface area contributed by atoms with E-state index in [2.05, 4.69) is 5.32 Å². The normalized spacial score (nSPS) is 30.7. The molecule has 5 rings (SSSR count). The Bertz CT molecular complexity index is 910. The lowest BCUT2D eigenvalue weighted by Crippen LogP contribution is -2.46. The molecule has 5 atom stereocenters. The maximum absolute atomic E-state index is 14.6. The van der Waals surface area contributed by atoms with Crippen LogP contribution >= 0.6 is 0 Å². The van der Waals surface area contributed by atoms with Crippen molar-refractivity contribution >= 4 is 29.1 Å². The van der Waals surface area contributed by atoms with Crippen LogP contribution in [0, 0.1) is 29.5 Å². The van der Waals surface area contributed by atoms with Gasteiger partial charge < -0.3 is 10.2 Å². The Hall–Kier alpha value is -2.70. The first-order valence-corrected chi connectivity index (χ1v) is 10.9. The van der Waals surface area contributed by atoms with E-state index in [1.807, 2.05) is 17.1 Å². The van der Waals surface area contributed by atoms with Gasteiger partial charge in [-0.2, -0.15) is 0 Å². The molecule has 2 heterocycles. The molecule has 158 valence electrons. The van der Waals surface area contributed by atoms with Gasteiger partial charge in [0.2, 0.25) is 17.7 Å². The number of imide groups is 1. The molecule has 2 aliphatic carbocycles. The number of carbonyl (C=O) groups is 3. The third-order valence-electron chi connectivity index (χ3n) is 7.18. The van der Waals surface area contributed by atoms with Crippen LogP contribution in [0.4, 0.5) is 15.8 Å². The number of piperidine rings is 1. The SMILES string of the molecule is CC(C(=O)Nc1ccc(N2CCCCC2)c(F)c1)N1C(=O)C2C3C=CC(C3)C2C1=O. The number of benzene rings is 1. The average molecular weight is 411 g/mol. The highest BCUT2D eigenvalue weighted by molar-refractivity contribution is 6.10. The number of likely N-dealkylation sites (tertiary alicyclic amines) is 1. The Morgan fingerprint density at radius 1 is 1.07 bits per heavy atom. The largest absolute Gasteiger partial charge is 0.369 e. The molecule has 1 saturated carbocycles. The molecule has 0 radical (unpaired) electrons. The van der Waals surface area contributed by atoms with Crippen molar-refractivity contribution in [3.05, 3.63) is 36.2 Å². The Morgan fingerprint density at radius 2 is 1.70 bits per heavy atom. The molecular formula is C23H26FN3O3. The summed E-state index contributed by atoms with van der Waals surface area (Å²) < 4.78 is 14.6. The lowest BCUT2D eigenvalue weighted by Gasteiger charge is -2.29. The van der Waals surface area contributed by atoms with E-state index in [0.717, 1.165) is 43.7 Å². The number of carbonyl (C=O) groups excluding carboxylic acids is 3. The van der Waals surface area contributed by atoms with Crippen LogP contribution < -0.4 is 10.2 Å². The molecule has 3 fully saturated rings. The molecule has 5 unspecified atom stereocenters. The Labute approximate surface area is 175 Å². The number of amides is 3. The van der Waals surface area contributed by atoms with Gasteiger partial charge >= 0.3 is 0 Å². The van der Waals surface area contributed by atoms with Crippen molar-refractivity contribution in [1.29, 1.82) is 0 Å². The fraction of sp³-hybridized carbons (Fsp3) is 0.522. The minimum atomic E-state index is -0.931. The second-order valence-electron chi connectivity index (χ2n) is 8.93. The summed E-state index contributed by atoms with van der Waals surface area (Å²) >= 11 is 0. The van der Waals surface area contributed by atoms with Gasteiger partial charge in [0.25, 0.3) is 0 Å². The van der Waals surface area contributed by atoms with Gasteiger partial charge in [-0.25, -0.2) is 4.39 Å². The van der Waals surface area contributed by atoms with Crippen LogP contribution in [0.1, 0.15) is 32.6 Å². The van der Waals surface area contributed by atoms with Crippen LogP contribution in [0.15, 0.2) is 30.4 Å². The van der Waals surface area contributed by atoms with Gasteiger partial charge in [-0.15, -0.1) is 0 Å². The highest BCUT2D eigenvalue weighted by Crippen LogP contribution is 2.52. The number of hydrogen-bond donors (Lipinski definition) is 1. The van der Waals surface area contributed by atoms with Crippen LogP contribution in [-0.4, -0.2) is 41.8 Å². The average Bonchev–Trinajstić information content (AvgIpc) is 3.42. The zero-order valence-electron chi connectivity index (χ0n) is 17.0. The Balaban J connectivity index is 1.28. The zero-order chi connectivity index (χ0) is 21.0. The van der Waals surface area contributed by atoms with Gasteiger partial charge in [0.05, 0.1) is 17.5 Å². The molecule has 6 nitrogen and oxygen atoms in total. The van der Waals surface area contributed by atoms with Crippen molar-refractivity contribution in [2.75, 3.05) is 23.3 Å². The second kappa shape index (κ2) is 7.22. The molecule has 4 aliphatic rings. The second-order valence-corrected chi connectivity index (χ2v) is 8.93. The smallest absolute Gasteiger partial charge is 0.247 e. The molecule has 2 saturated heterocycles. The minimum absolute atomic E-state index is 0.105. The molecule has 0 aromatic heterocycles. The highest BCUT2D eigenvalue weighted by Gasteiger charge is 2.60. The number of fused-ring (bicyclic) bond motifs is 5. The van der Waals surface area contributed by atoms with Gasteiger partial charge in [0, 0.05) is 18.8 Å². The van der Waals surface area contributed by atoms with Gasteiger partial charge in [0.15, 0.2) is 0 Å². The van der Waals surface area contributed by atoms with E-state index in [9.17, 15) is 18.8 Å². The van der Waals surface area contributed by atoms with Gasteiger partial charge in [0.1, 0.15) is 11.9 Å². The number of rotatable bonds is 4. The van der Waals surface area contributed by atoms with Crippen molar-refractivity contribution in [3.8, 4) is 0 Å². The molecule has 1 N–H and O–H groups in total. The Morgan fingerprint density at radius 3 is 2.30 bits per heavy atom. The number of anilines is 2. The molecule has 1 aromatic rings. The molecule has 0 spiro atoms. The number of allylic oxidation sites excluding steroid dienone is 2.